The number of nitro benzene ring substituents is 1. The van der Waals surface area contributed by atoms with Gasteiger partial charge in [0.15, 0.2) is 5.76 Å². The van der Waals surface area contributed by atoms with E-state index in [1.165, 1.54) is 24.3 Å². The highest BCUT2D eigenvalue weighted by molar-refractivity contribution is 6.33. The van der Waals surface area contributed by atoms with Crippen molar-refractivity contribution in [2.75, 3.05) is 0 Å². The maximum atomic E-state index is 13.3. The fourth-order valence-electron chi connectivity index (χ4n) is 3.22. The van der Waals surface area contributed by atoms with Gasteiger partial charge in [-0.3, -0.25) is 14.9 Å². The summed E-state index contributed by atoms with van der Waals surface area (Å²) in [6, 6.07) is 15.0. The Morgan fingerprint density at radius 1 is 1.03 bits per heavy atom. The smallest absolute Gasteiger partial charge is 0.343 e. The molecule has 0 atom stereocenters. The topological polar surface area (TPSA) is 99.7 Å². The van der Waals surface area contributed by atoms with Crippen molar-refractivity contribution in [3.63, 3.8) is 0 Å². The molecule has 1 heterocycles. The molecule has 0 aliphatic heterocycles. The number of ether oxygens (including phenoxy) is 1. The van der Waals surface area contributed by atoms with Crippen LogP contribution in [0.5, 0.6) is 5.75 Å². The Morgan fingerprint density at radius 3 is 2.34 bits per heavy atom. The summed E-state index contributed by atoms with van der Waals surface area (Å²) in [5.41, 5.74) is 1.87. The number of non-ortho nitro benzene ring substituents is 1. The highest BCUT2D eigenvalue weighted by atomic mass is 35.5. The van der Waals surface area contributed by atoms with E-state index in [2.05, 4.69) is 0 Å². The molecule has 32 heavy (non-hydrogen) atoms. The van der Waals surface area contributed by atoms with E-state index in [1.54, 1.807) is 36.4 Å². The first-order chi connectivity index (χ1) is 15.3. The minimum Gasteiger partial charge on any atom is -0.452 e. The van der Waals surface area contributed by atoms with E-state index in [0.29, 0.717) is 16.2 Å². The number of rotatable bonds is 4. The molecule has 0 radical (unpaired) electrons. The van der Waals surface area contributed by atoms with Crippen LogP contribution in [0.1, 0.15) is 21.5 Å². The van der Waals surface area contributed by atoms with Crippen LogP contribution >= 0.6 is 11.6 Å². The van der Waals surface area contributed by atoms with Crippen molar-refractivity contribution in [2.24, 2.45) is 0 Å². The summed E-state index contributed by atoms with van der Waals surface area (Å²) in [6.07, 6.45) is 0. The maximum absolute atomic E-state index is 13.3. The van der Waals surface area contributed by atoms with Crippen LogP contribution < -0.4 is 10.2 Å². The van der Waals surface area contributed by atoms with E-state index in [4.69, 9.17) is 20.8 Å². The predicted molar refractivity (Wildman–Crippen MR) is 120 cm³/mol. The molecule has 0 spiro atoms. The van der Waals surface area contributed by atoms with Crippen LogP contribution in [-0.4, -0.2) is 10.9 Å². The molecule has 3 aromatic carbocycles. The first-order valence-electron chi connectivity index (χ1n) is 9.56. The summed E-state index contributed by atoms with van der Waals surface area (Å²) in [4.78, 5) is 36.4. The number of aryl methyl sites for hydroxylation is 2. The zero-order valence-corrected chi connectivity index (χ0v) is 17.8. The Balaban J connectivity index is 1.89. The Morgan fingerprint density at radius 2 is 1.69 bits per heavy atom. The van der Waals surface area contributed by atoms with Crippen LogP contribution in [0.2, 0.25) is 5.02 Å². The van der Waals surface area contributed by atoms with Crippen molar-refractivity contribution in [3.8, 4) is 17.1 Å². The van der Waals surface area contributed by atoms with Gasteiger partial charge in [-0.05, 0) is 61.4 Å². The van der Waals surface area contributed by atoms with Gasteiger partial charge < -0.3 is 9.15 Å². The van der Waals surface area contributed by atoms with E-state index in [0.717, 1.165) is 11.1 Å². The van der Waals surface area contributed by atoms with E-state index in [-0.39, 0.29) is 28.1 Å². The standard InChI is InChI=1S/C24H16ClNO6/c1-13-11-18-20(12-14(13)2)31-22(17-5-3-4-6-19(17)25)23(21(18)27)32-24(28)15-7-9-16(10-8-15)26(29)30/h3-12H,1-2H3. The molecule has 0 bridgehead atoms. The van der Waals surface area contributed by atoms with Crippen LogP contribution in [0, 0.1) is 24.0 Å². The van der Waals surface area contributed by atoms with Crippen molar-refractivity contribution in [3.05, 3.63) is 103 Å². The number of hydrogen-bond acceptors (Lipinski definition) is 6. The van der Waals surface area contributed by atoms with Gasteiger partial charge in [0.25, 0.3) is 5.69 Å². The van der Waals surface area contributed by atoms with Crippen LogP contribution in [-0.2, 0) is 0 Å². The van der Waals surface area contributed by atoms with E-state index in [9.17, 15) is 19.7 Å². The van der Waals surface area contributed by atoms with Gasteiger partial charge in [0, 0.05) is 17.7 Å². The molecule has 0 saturated heterocycles. The number of halogens is 1. The average Bonchev–Trinajstić information content (AvgIpc) is 2.77. The Kier molecular flexibility index (Phi) is 5.50. The van der Waals surface area contributed by atoms with Gasteiger partial charge in [0.05, 0.1) is 20.9 Å². The second kappa shape index (κ2) is 8.28. The third-order valence-electron chi connectivity index (χ3n) is 5.09. The molecule has 8 heteroatoms. The second-order valence-electron chi connectivity index (χ2n) is 7.20. The van der Waals surface area contributed by atoms with Crippen molar-refractivity contribution in [1.29, 1.82) is 0 Å². The minimum absolute atomic E-state index is 0.0200. The number of nitrogens with zero attached hydrogens (tertiary/aromatic N) is 1. The van der Waals surface area contributed by atoms with E-state index in [1.807, 2.05) is 13.8 Å². The van der Waals surface area contributed by atoms with Crippen molar-refractivity contribution in [2.45, 2.75) is 13.8 Å². The van der Waals surface area contributed by atoms with E-state index >= 15 is 0 Å². The predicted octanol–water partition coefficient (Wildman–Crippen LogP) is 5.86. The molecular formula is C24H16ClNO6. The summed E-state index contributed by atoms with van der Waals surface area (Å²) < 4.78 is 11.5. The number of fused-ring (bicyclic) bond motifs is 1. The van der Waals surface area contributed by atoms with Gasteiger partial charge in [0.1, 0.15) is 5.58 Å². The quantitative estimate of drug-likeness (QED) is 0.220. The number of hydrogen-bond donors (Lipinski definition) is 0. The van der Waals surface area contributed by atoms with Gasteiger partial charge in [0.2, 0.25) is 11.2 Å². The molecule has 0 N–H and O–H groups in total. The largest absolute Gasteiger partial charge is 0.452 e. The van der Waals surface area contributed by atoms with Crippen molar-refractivity contribution >= 4 is 34.2 Å². The average molecular weight is 450 g/mol. The monoisotopic (exact) mass is 449 g/mol. The number of carbonyl (C=O) groups is 1. The summed E-state index contributed by atoms with van der Waals surface area (Å²) in [7, 11) is 0. The number of esters is 1. The number of nitro groups is 1. The minimum atomic E-state index is -0.858. The zero-order chi connectivity index (χ0) is 23.0. The van der Waals surface area contributed by atoms with Gasteiger partial charge >= 0.3 is 5.97 Å². The molecule has 0 fully saturated rings. The zero-order valence-electron chi connectivity index (χ0n) is 17.0. The molecule has 4 aromatic rings. The third-order valence-corrected chi connectivity index (χ3v) is 5.42. The second-order valence-corrected chi connectivity index (χ2v) is 7.60. The molecule has 0 aliphatic carbocycles. The van der Waals surface area contributed by atoms with Crippen molar-refractivity contribution in [1.82, 2.24) is 0 Å². The summed E-state index contributed by atoms with van der Waals surface area (Å²) >= 11 is 6.33. The lowest BCUT2D eigenvalue weighted by Gasteiger charge is -2.12. The highest BCUT2D eigenvalue weighted by Crippen LogP contribution is 2.36. The molecule has 160 valence electrons. The van der Waals surface area contributed by atoms with Crippen LogP contribution in [0.25, 0.3) is 22.3 Å². The molecule has 0 saturated carbocycles. The molecule has 0 unspecified atom stereocenters. The van der Waals surface area contributed by atoms with E-state index < -0.39 is 16.3 Å². The Hall–Kier alpha value is -3.97. The van der Waals surface area contributed by atoms with Crippen LogP contribution in [0.15, 0.2) is 69.9 Å². The first-order valence-corrected chi connectivity index (χ1v) is 9.93. The molecular weight excluding hydrogens is 434 g/mol. The molecule has 7 nitrogen and oxygen atoms in total. The van der Waals surface area contributed by atoms with Crippen molar-refractivity contribution < 1.29 is 18.9 Å². The highest BCUT2D eigenvalue weighted by Gasteiger charge is 2.23. The lowest BCUT2D eigenvalue weighted by Crippen LogP contribution is -2.16. The van der Waals surface area contributed by atoms with Crippen LogP contribution in [0.3, 0.4) is 0 Å². The maximum Gasteiger partial charge on any atom is 0.343 e. The SMILES string of the molecule is Cc1cc2oc(-c3ccccc3Cl)c(OC(=O)c3ccc([N+](=O)[O-])cc3)c(=O)c2cc1C. The van der Waals surface area contributed by atoms with Gasteiger partial charge in [-0.2, -0.15) is 0 Å². The first kappa shape index (κ1) is 21.3. The normalized spacial score (nSPS) is 10.8. The van der Waals surface area contributed by atoms with Gasteiger partial charge in [-0.1, -0.05) is 23.7 Å². The summed E-state index contributed by atoms with van der Waals surface area (Å²) in [5.74, 6) is -1.15. The van der Waals surface area contributed by atoms with Gasteiger partial charge in [-0.15, -0.1) is 0 Å². The van der Waals surface area contributed by atoms with Gasteiger partial charge in [-0.25, -0.2) is 4.79 Å². The third kappa shape index (κ3) is 3.86. The fraction of sp³-hybridized carbons (Fsp3) is 0.0833. The summed E-state index contributed by atoms with van der Waals surface area (Å²) in [5, 5.41) is 11.4. The Labute approximate surface area is 187 Å². The lowest BCUT2D eigenvalue weighted by molar-refractivity contribution is -0.384. The molecule has 0 aliphatic rings. The fourth-order valence-corrected chi connectivity index (χ4v) is 3.44. The number of carbonyl (C=O) groups excluding carboxylic acids is 1. The van der Waals surface area contributed by atoms with Crippen LogP contribution in [0.4, 0.5) is 5.69 Å². The summed E-state index contributed by atoms with van der Waals surface area (Å²) in [6.45, 7) is 3.76. The molecule has 1 aromatic heterocycles. The molecule has 4 rings (SSSR count). The lowest BCUT2D eigenvalue weighted by atomic mass is 10.0. The molecule has 0 amide bonds. The number of benzene rings is 3. The Bertz CT molecular complexity index is 1440.